The van der Waals surface area contributed by atoms with Gasteiger partial charge in [-0.2, -0.15) is 4.31 Å². The third-order valence-electron chi connectivity index (χ3n) is 7.90. The molecule has 0 bridgehead atoms. The van der Waals surface area contributed by atoms with Crippen LogP contribution in [0, 0.1) is 11.6 Å². The second kappa shape index (κ2) is 18.2. The maximum Gasteiger partial charge on any atom is 0.488 e. The highest BCUT2D eigenvalue weighted by Crippen LogP contribution is 2.68. The second-order valence-corrected chi connectivity index (χ2v) is 18.0. The van der Waals surface area contributed by atoms with Crippen LogP contribution in [0.4, 0.5) is 35.6 Å². The lowest BCUT2D eigenvalue weighted by Crippen LogP contribution is -2.42. The smallest absolute Gasteiger partial charge is 0.439 e. The number of nitrogens with two attached hydrogens (primary N) is 1. The summed E-state index contributed by atoms with van der Waals surface area (Å²) in [6.07, 6.45) is -7.26. The molecule has 1 saturated heterocycles. The van der Waals surface area contributed by atoms with E-state index in [-0.39, 0.29) is 39.1 Å². The topological polar surface area (TPSA) is 295 Å². The van der Waals surface area contributed by atoms with Gasteiger partial charge in [0.1, 0.15) is 23.3 Å². The number of carbonyl (C=O) groups excluding carboxylic acids is 2. The van der Waals surface area contributed by atoms with E-state index < -0.39 is 84.4 Å². The summed E-state index contributed by atoms with van der Waals surface area (Å²) in [4.78, 5) is 70.3. The van der Waals surface area contributed by atoms with Crippen LogP contribution in [0.15, 0.2) is 90.3 Å². The van der Waals surface area contributed by atoms with Gasteiger partial charge in [0.2, 0.25) is 0 Å². The monoisotopic (exact) mass is 901 g/mol. The Labute approximate surface area is 335 Å². The number of hydrogen-bond acceptors (Lipinski definition) is 16. The zero-order valence-electron chi connectivity index (χ0n) is 30.0. The standard InChI is InChI=1S/C32H32F2N7O14P3S/c1-59-30-39-27(35)24-28(40-30)41(17-36-24)29-26(53-32(43)38-22-13-9-20(34)10-14-22)25(52-31(42)37-21-11-7-19(33)8-12-21)23(51-29)15-50-57(46,47)55-58(48,49)54-56(44,45)16-18-5-3-2-4-6-18/h2-14,17,23,25-26,29H,15-16H2,1H3,(H,37,42)(H,38,43)(H,44,45)(H,46,47)(H,48,49)(H2,35,39,40)/t23-,25-,26-,29-/m1/s1. The molecular formula is C32H32F2N7O14P3S. The highest BCUT2D eigenvalue weighted by Gasteiger charge is 2.52. The molecule has 3 aromatic carbocycles. The van der Waals surface area contributed by atoms with Gasteiger partial charge in [-0.25, -0.2) is 46.8 Å². The van der Waals surface area contributed by atoms with Crippen LogP contribution in [0.1, 0.15) is 11.8 Å². The summed E-state index contributed by atoms with van der Waals surface area (Å²) >= 11 is 1.11. The summed E-state index contributed by atoms with van der Waals surface area (Å²) in [6, 6.07) is 16.5. The second-order valence-electron chi connectivity index (χ2n) is 12.2. The maximum absolute atomic E-state index is 13.6. The summed E-state index contributed by atoms with van der Waals surface area (Å²) in [5.74, 6) is -1.29. The summed E-state index contributed by atoms with van der Waals surface area (Å²) < 4.78 is 97.8. The third kappa shape index (κ3) is 11.7. The Kier molecular flexibility index (Phi) is 13.5. The Morgan fingerprint density at radius 3 is 2.00 bits per heavy atom. The SMILES string of the molecule is CSc1nc(N)c2ncn([C@@H]3O[C@H](COP(=O)(O)OP(=O)(O)OP(=O)(O)Cc4ccccc4)[C@@H](OC(=O)Nc4ccc(F)cc4)[C@H]3OC(=O)Nc3ccc(F)cc3)c2n1. The quantitative estimate of drug-likeness (QED) is 0.0388. The van der Waals surface area contributed by atoms with Gasteiger partial charge in [0.15, 0.2) is 35.1 Å². The number of hydrogen-bond donors (Lipinski definition) is 6. The molecule has 59 heavy (non-hydrogen) atoms. The number of halogens is 2. The molecule has 1 aliphatic heterocycles. The fourth-order valence-electron chi connectivity index (χ4n) is 5.48. The van der Waals surface area contributed by atoms with E-state index in [1.165, 1.54) is 59.4 Å². The van der Waals surface area contributed by atoms with Gasteiger partial charge in [-0.1, -0.05) is 42.1 Å². The normalized spacial score (nSPS) is 20.8. The number of fused-ring (bicyclic) bond motifs is 1. The fraction of sp³-hybridized carbons (Fsp3) is 0.219. The number of nitrogen functional groups attached to an aromatic ring is 1. The minimum Gasteiger partial charge on any atom is -0.439 e. The number of phosphoric acid groups is 2. The molecule has 1 fully saturated rings. The van der Waals surface area contributed by atoms with Crippen molar-refractivity contribution in [1.29, 1.82) is 0 Å². The number of amides is 2. The van der Waals surface area contributed by atoms with E-state index in [1.807, 2.05) is 0 Å². The molecule has 0 aliphatic carbocycles. The van der Waals surface area contributed by atoms with E-state index in [9.17, 15) is 46.7 Å². The minimum atomic E-state index is -5.83. The number of nitrogens with zero attached hydrogens (tertiary/aromatic N) is 4. The van der Waals surface area contributed by atoms with E-state index >= 15 is 0 Å². The molecule has 7 atom stereocenters. The number of benzene rings is 3. The van der Waals surface area contributed by atoms with Gasteiger partial charge in [0.25, 0.3) is 0 Å². The van der Waals surface area contributed by atoms with Crippen molar-refractivity contribution in [3.63, 3.8) is 0 Å². The summed E-state index contributed by atoms with van der Waals surface area (Å²) in [7, 11) is -16.5. The van der Waals surface area contributed by atoms with Gasteiger partial charge >= 0.3 is 35.4 Å². The van der Waals surface area contributed by atoms with Crippen LogP contribution in [-0.4, -0.2) is 77.6 Å². The van der Waals surface area contributed by atoms with Gasteiger partial charge in [-0.15, -0.1) is 0 Å². The fourth-order valence-corrected chi connectivity index (χ4v) is 9.99. The summed E-state index contributed by atoms with van der Waals surface area (Å²) in [5.41, 5.74) is 6.52. The first-order chi connectivity index (χ1) is 27.9. The molecule has 1 aliphatic rings. The Balaban J connectivity index is 1.30. The Hall–Kier alpha value is -4.83. The molecule has 0 spiro atoms. The first-order valence-corrected chi connectivity index (χ1v) is 22.6. The van der Waals surface area contributed by atoms with Crippen LogP contribution in [0.25, 0.3) is 11.2 Å². The number of anilines is 3. The molecule has 3 unspecified atom stereocenters. The molecule has 0 saturated carbocycles. The summed E-state index contributed by atoms with van der Waals surface area (Å²) in [5, 5.41) is 4.89. The van der Waals surface area contributed by atoms with Crippen LogP contribution in [0.3, 0.4) is 0 Å². The summed E-state index contributed by atoms with van der Waals surface area (Å²) in [6.45, 7) is -1.14. The zero-order chi connectivity index (χ0) is 42.5. The molecule has 2 amide bonds. The maximum atomic E-state index is 13.6. The molecular weight excluding hydrogens is 869 g/mol. The van der Waals surface area contributed by atoms with E-state index in [1.54, 1.807) is 12.3 Å². The lowest BCUT2D eigenvalue weighted by atomic mass is 10.1. The van der Waals surface area contributed by atoms with Gasteiger partial charge in [0.05, 0.1) is 19.1 Å². The van der Waals surface area contributed by atoms with Crippen molar-refractivity contribution in [1.82, 2.24) is 19.5 Å². The van der Waals surface area contributed by atoms with E-state index in [2.05, 4.69) is 34.2 Å². The van der Waals surface area contributed by atoms with Crippen molar-refractivity contribution in [2.45, 2.75) is 35.9 Å². The lowest BCUT2D eigenvalue weighted by Gasteiger charge is -2.25. The number of rotatable bonds is 15. The van der Waals surface area contributed by atoms with E-state index in [0.29, 0.717) is 0 Å². The molecule has 7 N–H and O–H groups in total. The average molecular weight is 902 g/mol. The van der Waals surface area contributed by atoms with Crippen molar-refractivity contribution < 1.29 is 74.1 Å². The molecule has 0 radical (unpaired) electrons. The molecule has 5 aromatic rings. The van der Waals surface area contributed by atoms with E-state index in [0.717, 1.165) is 36.0 Å². The number of ether oxygens (including phenoxy) is 3. The van der Waals surface area contributed by atoms with Crippen LogP contribution >= 0.6 is 35.0 Å². The number of imidazole rings is 1. The predicted molar refractivity (Wildman–Crippen MR) is 204 cm³/mol. The van der Waals surface area contributed by atoms with Crippen molar-refractivity contribution in [3.8, 4) is 0 Å². The van der Waals surface area contributed by atoms with Crippen LogP contribution in [-0.2, 0) is 47.2 Å². The van der Waals surface area contributed by atoms with Gasteiger partial charge in [0, 0.05) is 11.4 Å². The first-order valence-electron chi connectivity index (χ1n) is 16.6. The molecule has 21 nitrogen and oxygen atoms in total. The van der Waals surface area contributed by atoms with Gasteiger partial charge in [-0.3, -0.25) is 24.3 Å². The molecule has 314 valence electrons. The number of thioether (sulfide) groups is 1. The van der Waals surface area contributed by atoms with Gasteiger partial charge < -0.3 is 34.6 Å². The number of aromatic nitrogens is 4. The highest BCUT2D eigenvalue weighted by molar-refractivity contribution is 7.98. The molecule has 2 aromatic heterocycles. The highest BCUT2D eigenvalue weighted by atomic mass is 32.2. The van der Waals surface area contributed by atoms with Crippen molar-refractivity contribution >= 4 is 75.5 Å². The number of nitrogens with one attached hydrogen (secondary N) is 2. The van der Waals surface area contributed by atoms with E-state index in [4.69, 9.17) is 24.5 Å². The molecule has 3 heterocycles. The first kappa shape index (κ1) is 43.7. The van der Waals surface area contributed by atoms with Crippen LogP contribution < -0.4 is 16.4 Å². The third-order valence-corrected chi connectivity index (χ3v) is 13.2. The largest absolute Gasteiger partial charge is 0.488 e. The Morgan fingerprint density at radius 2 is 1.42 bits per heavy atom. The Morgan fingerprint density at radius 1 is 0.847 bits per heavy atom. The number of phosphoric ester groups is 1. The zero-order valence-corrected chi connectivity index (χ0v) is 33.5. The number of carbonyl (C=O) groups is 2. The molecule has 27 heteroatoms. The lowest BCUT2D eigenvalue weighted by molar-refractivity contribution is -0.0514. The van der Waals surface area contributed by atoms with Crippen LogP contribution in [0.5, 0.6) is 0 Å². The van der Waals surface area contributed by atoms with Crippen molar-refractivity contribution in [3.05, 3.63) is 102 Å². The van der Waals surface area contributed by atoms with Crippen molar-refractivity contribution in [2.75, 3.05) is 29.2 Å². The Bertz CT molecular complexity index is 2460. The van der Waals surface area contributed by atoms with Gasteiger partial charge in [-0.05, 0) is 60.4 Å². The predicted octanol–water partition coefficient (Wildman–Crippen LogP) is 6.18. The average Bonchev–Trinajstić information content (AvgIpc) is 3.73. The molecule has 6 rings (SSSR count). The minimum absolute atomic E-state index is 0.0222. The van der Waals surface area contributed by atoms with Crippen molar-refractivity contribution in [2.24, 2.45) is 0 Å². The van der Waals surface area contributed by atoms with Crippen LogP contribution in [0.2, 0.25) is 0 Å².